The van der Waals surface area contributed by atoms with Crippen LogP contribution in [0.5, 0.6) is 11.5 Å². The average molecular weight is 469 g/mol. The molecule has 10 heteroatoms. The molecule has 172 valence electrons. The number of hydrogen-bond donors (Lipinski definition) is 0. The van der Waals surface area contributed by atoms with Gasteiger partial charge in [-0.25, -0.2) is 9.79 Å². The number of benzene rings is 1. The van der Waals surface area contributed by atoms with Gasteiger partial charge in [0.2, 0.25) is 0 Å². The molecule has 0 unspecified atom stereocenters. The van der Waals surface area contributed by atoms with Gasteiger partial charge in [-0.15, -0.1) is 0 Å². The fraction of sp³-hybridized carbons (Fsp3) is 0.304. The van der Waals surface area contributed by atoms with Crippen molar-refractivity contribution in [2.45, 2.75) is 19.9 Å². The molecule has 0 fully saturated rings. The molecule has 1 aliphatic rings. The highest BCUT2D eigenvalue weighted by Crippen LogP contribution is 2.33. The summed E-state index contributed by atoms with van der Waals surface area (Å²) < 4.78 is 19.6. The van der Waals surface area contributed by atoms with Gasteiger partial charge < -0.3 is 14.2 Å². The molecule has 33 heavy (non-hydrogen) atoms. The zero-order chi connectivity index (χ0) is 23.9. The lowest BCUT2D eigenvalue weighted by atomic mass is 9.96. The normalized spacial score (nSPS) is 15.8. The number of aromatic nitrogens is 3. The summed E-state index contributed by atoms with van der Waals surface area (Å²) in [6, 6.07) is 4.75. The van der Waals surface area contributed by atoms with Crippen molar-refractivity contribution in [3.05, 3.63) is 72.2 Å². The van der Waals surface area contributed by atoms with Crippen LogP contribution in [0, 0.1) is 6.92 Å². The van der Waals surface area contributed by atoms with E-state index in [1.807, 2.05) is 26.1 Å². The van der Waals surface area contributed by atoms with Gasteiger partial charge in [0.15, 0.2) is 16.3 Å². The molecule has 0 saturated heterocycles. The van der Waals surface area contributed by atoms with Gasteiger partial charge in [-0.1, -0.05) is 23.5 Å². The van der Waals surface area contributed by atoms with Crippen LogP contribution in [0.4, 0.5) is 0 Å². The SMILES string of the molecule is COC(=O)C1=C(C)N=c2s/c(=C/c3cccc(OC)c3OC)c(=O)n2[C@H]1c1cnn(C)c1C. The summed E-state index contributed by atoms with van der Waals surface area (Å²) in [5.74, 6) is 0.553. The van der Waals surface area contributed by atoms with Gasteiger partial charge in [0.05, 0.1) is 43.3 Å². The second-order valence-corrected chi connectivity index (χ2v) is 8.47. The average Bonchev–Trinajstić information content (AvgIpc) is 3.30. The number of esters is 1. The molecule has 9 nitrogen and oxygen atoms in total. The van der Waals surface area contributed by atoms with E-state index < -0.39 is 12.0 Å². The van der Waals surface area contributed by atoms with E-state index in [0.717, 1.165) is 11.3 Å². The first-order chi connectivity index (χ1) is 15.8. The van der Waals surface area contributed by atoms with Crippen molar-refractivity contribution in [2.24, 2.45) is 12.0 Å². The fourth-order valence-electron chi connectivity index (χ4n) is 3.94. The minimum Gasteiger partial charge on any atom is -0.493 e. The van der Waals surface area contributed by atoms with E-state index in [9.17, 15) is 9.59 Å². The number of methoxy groups -OCH3 is 3. The van der Waals surface area contributed by atoms with Gasteiger partial charge in [-0.2, -0.15) is 5.10 Å². The highest BCUT2D eigenvalue weighted by Gasteiger charge is 2.35. The van der Waals surface area contributed by atoms with Crippen molar-refractivity contribution in [1.82, 2.24) is 14.3 Å². The van der Waals surface area contributed by atoms with E-state index in [4.69, 9.17) is 14.2 Å². The van der Waals surface area contributed by atoms with Crippen LogP contribution in [-0.4, -0.2) is 41.6 Å². The number of ether oxygens (including phenoxy) is 3. The smallest absolute Gasteiger partial charge is 0.338 e. The van der Waals surface area contributed by atoms with E-state index in [2.05, 4.69) is 10.1 Å². The van der Waals surface area contributed by atoms with Crippen LogP contribution >= 0.6 is 11.3 Å². The molecule has 2 aromatic heterocycles. The van der Waals surface area contributed by atoms with Crippen molar-refractivity contribution >= 4 is 23.4 Å². The minimum absolute atomic E-state index is 0.272. The molecule has 0 radical (unpaired) electrons. The first-order valence-electron chi connectivity index (χ1n) is 10.1. The molecule has 0 saturated carbocycles. The van der Waals surface area contributed by atoms with Gasteiger partial charge in [-0.05, 0) is 26.0 Å². The van der Waals surface area contributed by atoms with Crippen LogP contribution in [0.25, 0.3) is 6.08 Å². The highest BCUT2D eigenvalue weighted by atomic mass is 32.1. The van der Waals surface area contributed by atoms with Crippen LogP contribution < -0.4 is 24.4 Å². The van der Waals surface area contributed by atoms with Crippen LogP contribution in [0.3, 0.4) is 0 Å². The van der Waals surface area contributed by atoms with Crippen LogP contribution in [0.15, 0.2) is 45.5 Å². The van der Waals surface area contributed by atoms with E-state index in [1.165, 1.54) is 23.0 Å². The Bertz CT molecular complexity index is 1460. The zero-order valence-electron chi connectivity index (χ0n) is 19.2. The molecule has 4 rings (SSSR count). The van der Waals surface area contributed by atoms with Crippen molar-refractivity contribution < 1.29 is 19.0 Å². The molecule has 0 N–H and O–H groups in total. The Balaban J connectivity index is 2.01. The minimum atomic E-state index is -0.697. The number of nitrogens with zero attached hydrogens (tertiary/aromatic N) is 4. The second kappa shape index (κ2) is 8.70. The van der Waals surface area contributed by atoms with Gasteiger partial charge in [0.1, 0.15) is 6.04 Å². The predicted octanol–water partition coefficient (Wildman–Crippen LogP) is 1.47. The predicted molar refractivity (Wildman–Crippen MR) is 123 cm³/mol. The lowest BCUT2D eigenvalue weighted by molar-refractivity contribution is -0.136. The number of carbonyl (C=O) groups is 1. The van der Waals surface area contributed by atoms with E-state index >= 15 is 0 Å². The molecule has 0 spiro atoms. The van der Waals surface area contributed by atoms with Crippen molar-refractivity contribution in [1.29, 1.82) is 0 Å². The fourth-order valence-corrected chi connectivity index (χ4v) is 4.98. The molecule has 1 aromatic carbocycles. The number of thiazole rings is 1. The number of carbonyl (C=O) groups excluding carboxylic acids is 1. The monoisotopic (exact) mass is 468 g/mol. The Kier molecular flexibility index (Phi) is 5.94. The second-order valence-electron chi connectivity index (χ2n) is 7.47. The van der Waals surface area contributed by atoms with Gasteiger partial charge in [0, 0.05) is 23.9 Å². The summed E-state index contributed by atoms with van der Waals surface area (Å²) in [6.07, 6.45) is 3.42. The van der Waals surface area contributed by atoms with Crippen molar-refractivity contribution in [3.8, 4) is 11.5 Å². The first kappa shape index (κ1) is 22.5. The third-order valence-corrected chi connectivity index (χ3v) is 6.70. The quantitative estimate of drug-likeness (QED) is 0.526. The Morgan fingerprint density at radius 3 is 2.55 bits per heavy atom. The van der Waals surface area contributed by atoms with Crippen LogP contribution in [0.1, 0.15) is 29.8 Å². The topological polar surface area (TPSA) is 96.9 Å². The largest absolute Gasteiger partial charge is 0.493 e. The van der Waals surface area contributed by atoms with E-state index in [1.54, 1.807) is 44.2 Å². The maximum absolute atomic E-state index is 13.6. The van der Waals surface area contributed by atoms with Crippen molar-refractivity contribution in [3.63, 3.8) is 0 Å². The van der Waals surface area contributed by atoms with E-state index in [0.29, 0.717) is 37.7 Å². The first-order valence-corrected chi connectivity index (χ1v) is 10.9. The maximum Gasteiger partial charge on any atom is 0.338 e. The maximum atomic E-state index is 13.6. The summed E-state index contributed by atoms with van der Waals surface area (Å²) in [7, 11) is 6.23. The molecule has 1 atom stereocenters. The lowest BCUT2D eigenvalue weighted by Gasteiger charge is -2.23. The summed E-state index contributed by atoms with van der Waals surface area (Å²) in [5.41, 5.74) is 2.80. The Labute approximate surface area is 193 Å². The van der Waals surface area contributed by atoms with Gasteiger partial charge in [0.25, 0.3) is 5.56 Å². The van der Waals surface area contributed by atoms with Crippen LogP contribution in [-0.2, 0) is 16.6 Å². The number of rotatable bonds is 5. The lowest BCUT2D eigenvalue weighted by Crippen LogP contribution is -2.40. The van der Waals surface area contributed by atoms with Crippen LogP contribution in [0.2, 0.25) is 0 Å². The molecule has 0 aliphatic carbocycles. The van der Waals surface area contributed by atoms with E-state index in [-0.39, 0.29) is 5.56 Å². The molecule has 0 bridgehead atoms. The Morgan fingerprint density at radius 1 is 1.18 bits per heavy atom. The molecular weight excluding hydrogens is 444 g/mol. The third-order valence-electron chi connectivity index (χ3n) is 5.71. The summed E-state index contributed by atoms with van der Waals surface area (Å²) in [6.45, 7) is 3.64. The third kappa shape index (κ3) is 3.66. The zero-order valence-corrected chi connectivity index (χ0v) is 20.0. The standard InChI is InChI=1S/C23H24N4O5S/c1-12-18(22(29)32-6)19(15-11-24-26(3)13(15)2)27-21(28)17(33-23(27)25-12)10-14-8-7-9-16(30-4)20(14)31-5/h7-11,19H,1-6H3/b17-10+/t19-/m0/s1. The molecule has 3 aromatic rings. The molecule has 0 amide bonds. The molecule has 1 aliphatic heterocycles. The Morgan fingerprint density at radius 2 is 1.94 bits per heavy atom. The number of para-hydroxylation sites is 1. The summed E-state index contributed by atoms with van der Waals surface area (Å²) in [4.78, 5) is 31.4. The number of fused-ring (bicyclic) bond motifs is 1. The number of allylic oxidation sites excluding steroid dienone is 1. The Hall–Kier alpha value is -3.66. The molecular formula is C23H24N4O5S. The van der Waals surface area contributed by atoms with Gasteiger partial charge >= 0.3 is 5.97 Å². The number of hydrogen-bond acceptors (Lipinski definition) is 8. The number of aryl methyl sites for hydroxylation is 1. The summed E-state index contributed by atoms with van der Waals surface area (Å²) >= 11 is 1.24. The van der Waals surface area contributed by atoms with Crippen molar-refractivity contribution in [2.75, 3.05) is 21.3 Å². The molecule has 3 heterocycles. The highest BCUT2D eigenvalue weighted by molar-refractivity contribution is 7.07. The summed E-state index contributed by atoms with van der Waals surface area (Å²) in [5, 5.41) is 4.32. The van der Waals surface area contributed by atoms with Gasteiger partial charge in [-0.3, -0.25) is 14.0 Å².